The van der Waals surface area contributed by atoms with Crippen molar-refractivity contribution in [3.05, 3.63) is 24.4 Å². The van der Waals surface area contributed by atoms with Crippen molar-refractivity contribution in [2.45, 2.75) is 12.8 Å². The standard InChI is InChI=1S/C7H9NO/c9-7-5-3-1-2-4-6-8-7/h3-6H,1-2H2,(H,8,9)/b5-3-,6-4-. The smallest absolute Gasteiger partial charge is 0.247 e. The molecule has 1 amide bonds. The van der Waals surface area contributed by atoms with Gasteiger partial charge in [0.1, 0.15) is 0 Å². The van der Waals surface area contributed by atoms with Gasteiger partial charge < -0.3 is 5.32 Å². The summed E-state index contributed by atoms with van der Waals surface area (Å²) in [6.45, 7) is 0. The molecule has 0 spiro atoms. The van der Waals surface area contributed by atoms with Crippen LogP contribution in [0.5, 0.6) is 0 Å². The van der Waals surface area contributed by atoms with Crippen molar-refractivity contribution in [2.24, 2.45) is 0 Å². The van der Waals surface area contributed by atoms with E-state index in [0.717, 1.165) is 12.8 Å². The summed E-state index contributed by atoms with van der Waals surface area (Å²) in [6, 6.07) is 0. The molecule has 1 aliphatic rings. The number of carbonyl (C=O) groups is 1. The third kappa shape index (κ3) is 2.13. The lowest BCUT2D eigenvalue weighted by atomic mass is 10.2. The first-order valence-electron chi connectivity index (χ1n) is 3.01. The average Bonchev–Trinajstić information content (AvgIpc) is 1.79. The van der Waals surface area contributed by atoms with E-state index in [0.29, 0.717) is 0 Å². The summed E-state index contributed by atoms with van der Waals surface area (Å²) >= 11 is 0. The highest BCUT2D eigenvalue weighted by atomic mass is 16.1. The lowest BCUT2D eigenvalue weighted by Crippen LogP contribution is -2.13. The van der Waals surface area contributed by atoms with E-state index in [1.807, 2.05) is 12.2 Å². The Kier molecular flexibility index (Phi) is 2.07. The molecule has 0 unspecified atom stereocenters. The molecule has 2 nitrogen and oxygen atoms in total. The van der Waals surface area contributed by atoms with Crippen LogP contribution in [0.1, 0.15) is 12.8 Å². The first kappa shape index (κ1) is 6.08. The summed E-state index contributed by atoms with van der Waals surface area (Å²) in [6.07, 6.45) is 9.04. The van der Waals surface area contributed by atoms with Crippen molar-refractivity contribution in [3.63, 3.8) is 0 Å². The SMILES string of the molecule is O=C1/C=C\CC/C=C\N1. The van der Waals surface area contributed by atoms with E-state index in [9.17, 15) is 4.79 Å². The molecule has 1 aliphatic heterocycles. The van der Waals surface area contributed by atoms with Gasteiger partial charge in [-0.15, -0.1) is 0 Å². The first-order chi connectivity index (χ1) is 4.39. The van der Waals surface area contributed by atoms with E-state index >= 15 is 0 Å². The van der Waals surface area contributed by atoms with E-state index in [1.54, 1.807) is 12.3 Å². The Hall–Kier alpha value is -1.05. The number of hydrogen-bond acceptors (Lipinski definition) is 1. The van der Waals surface area contributed by atoms with Gasteiger partial charge in [-0.05, 0) is 18.9 Å². The van der Waals surface area contributed by atoms with Crippen molar-refractivity contribution >= 4 is 5.91 Å². The van der Waals surface area contributed by atoms with Crippen LogP contribution in [0.15, 0.2) is 24.4 Å². The number of nitrogens with one attached hydrogen (secondary N) is 1. The molecule has 0 atom stereocenters. The fraction of sp³-hybridized carbons (Fsp3) is 0.286. The van der Waals surface area contributed by atoms with Gasteiger partial charge in [0, 0.05) is 6.20 Å². The highest BCUT2D eigenvalue weighted by Crippen LogP contribution is 1.94. The number of carbonyl (C=O) groups excluding carboxylic acids is 1. The van der Waals surface area contributed by atoms with Crippen molar-refractivity contribution in [1.82, 2.24) is 5.32 Å². The predicted octanol–water partition coefficient (Wildman–Crippen LogP) is 0.966. The lowest BCUT2D eigenvalue weighted by molar-refractivity contribution is -0.115. The zero-order chi connectivity index (χ0) is 6.53. The number of amides is 1. The molecule has 1 N–H and O–H groups in total. The lowest BCUT2D eigenvalue weighted by Gasteiger charge is -1.95. The molecule has 9 heavy (non-hydrogen) atoms. The number of hydrogen-bond donors (Lipinski definition) is 1. The Morgan fingerprint density at radius 1 is 1.33 bits per heavy atom. The van der Waals surface area contributed by atoms with Crippen LogP contribution in [0, 0.1) is 0 Å². The van der Waals surface area contributed by atoms with Gasteiger partial charge in [-0.3, -0.25) is 4.79 Å². The Bertz CT molecular complexity index is 158. The second kappa shape index (κ2) is 3.07. The Labute approximate surface area is 54.3 Å². The third-order valence-corrected chi connectivity index (χ3v) is 1.11. The summed E-state index contributed by atoms with van der Waals surface area (Å²) < 4.78 is 0. The largest absolute Gasteiger partial charge is 0.329 e. The maximum absolute atomic E-state index is 10.6. The van der Waals surface area contributed by atoms with Crippen molar-refractivity contribution in [2.75, 3.05) is 0 Å². The molecule has 0 fully saturated rings. The second-order valence-corrected chi connectivity index (χ2v) is 1.89. The van der Waals surface area contributed by atoms with Crippen LogP contribution >= 0.6 is 0 Å². The van der Waals surface area contributed by atoms with Gasteiger partial charge >= 0.3 is 0 Å². The van der Waals surface area contributed by atoms with Gasteiger partial charge in [0.2, 0.25) is 5.91 Å². The summed E-state index contributed by atoms with van der Waals surface area (Å²) in [5, 5.41) is 2.58. The van der Waals surface area contributed by atoms with Crippen LogP contribution in [-0.4, -0.2) is 5.91 Å². The highest BCUT2D eigenvalue weighted by molar-refractivity contribution is 5.88. The molecule has 0 aliphatic carbocycles. The Morgan fingerprint density at radius 2 is 2.11 bits per heavy atom. The quantitative estimate of drug-likeness (QED) is 0.511. The summed E-state index contributed by atoms with van der Waals surface area (Å²) in [5.74, 6) is -0.0362. The topological polar surface area (TPSA) is 29.1 Å². The van der Waals surface area contributed by atoms with Crippen molar-refractivity contribution in [3.8, 4) is 0 Å². The zero-order valence-corrected chi connectivity index (χ0v) is 5.13. The van der Waals surface area contributed by atoms with E-state index in [-0.39, 0.29) is 5.91 Å². The summed E-state index contributed by atoms with van der Waals surface area (Å²) in [7, 11) is 0. The van der Waals surface area contributed by atoms with E-state index in [4.69, 9.17) is 0 Å². The minimum Gasteiger partial charge on any atom is -0.329 e. The maximum Gasteiger partial charge on any atom is 0.247 e. The fourth-order valence-electron chi connectivity index (χ4n) is 0.655. The Balaban J connectivity index is 2.50. The van der Waals surface area contributed by atoms with Gasteiger partial charge in [0.15, 0.2) is 0 Å². The molecule has 0 aromatic carbocycles. The Morgan fingerprint density at radius 3 is 3.00 bits per heavy atom. The van der Waals surface area contributed by atoms with Crippen LogP contribution < -0.4 is 5.32 Å². The van der Waals surface area contributed by atoms with Crippen molar-refractivity contribution in [1.29, 1.82) is 0 Å². The molecule has 0 radical (unpaired) electrons. The first-order valence-corrected chi connectivity index (χ1v) is 3.01. The molecule has 0 bridgehead atoms. The van der Waals surface area contributed by atoms with Crippen LogP contribution in [0.25, 0.3) is 0 Å². The van der Waals surface area contributed by atoms with Crippen LogP contribution in [0.2, 0.25) is 0 Å². The van der Waals surface area contributed by atoms with Gasteiger partial charge in [-0.2, -0.15) is 0 Å². The monoisotopic (exact) mass is 123 g/mol. The average molecular weight is 123 g/mol. The molecule has 1 rings (SSSR count). The summed E-state index contributed by atoms with van der Waals surface area (Å²) in [5.41, 5.74) is 0. The molecule has 0 aromatic heterocycles. The van der Waals surface area contributed by atoms with Crippen LogP contribution in [0.4, 0.5) is 0 Å². The minimum atomic E-state index is -0.0362. The number of allylic oxidation sites excluding steroid dienone is 2. The molecule has 1 heterocycles. The van der Waals surface area contributed by atoms with Gasteiger partial charge in [0.25, 0.3) is 0 Å². The van der Waals surface area contributed by atoms with E-state index in [2.05, 4.69) is 5.32 Å². The molecule has 0 saturated carbocycles. The van der Waals surface area contributed by atoms with Gasteiger partial charge in [-0.25, -0.2) is 0 Å². The van der Waals surface area contributed by atoms with Gasteiger partial charge in [0.05, 0.1) is 0 Å². The predicted molar refractivity (Wildman–Crippen MR) is 35.7 cm³/mol. The van der Waals surface area contributed by atoms with E-state index < -0.39 is 0 Å². The maximum atomic E-state index is 10.6. The van der Waals surface area contributed by atoms with E-state index in [1.165, 1.54) is 0 Å². The van der Waals surface area contributed by atoms with Gasteiger partial charge in [-0.1, -0.05) is 12.2 Å². The molecule has 48 valence electrons. The minimum absolute atomic E-state index is 0.0362. The molecular weight excluding hydrogens is 114 g/mol. The van der Waals surface area contributed by atoms with Crippen LogP contribution in [0.3, 0.4) is 0 Å². The molecule has 0 saturated heterocycles. The molecule has 2 heteroatoms. The summed E-state index contributed by atoms with van der Waals surface area (Å²) in [4.78, 5) is 10.6. The highest BCUT2D eigenvalue weighted by Gasteiger charge is 1.90. The third-order valence-electron chi connectivity index (χ3n) is 1.11. The zero-order valence-electron chi connectivity index (χ0n) is 5.13. The van der Waals surface area contributed by atoms with Crippen molar-refractivity contribution < 1.29 is 4.79 Å². The normalized spacial score (nSPS) is 25.6. The fourth-order valence-corrected chi connectivity index (χ4v) is 0.655. The molecule has 0 aromatic rings. The second-order valence-electron chi connectivity index (χ2n) is 1.89. The van der Waals surface area contributed by atoms with Crippen LogP contribution in [-0.2, 0) is 4.79 Å². The number of rotatable bonds is 0. The molecular formula is C7H9NO.